The largest absolute Gasteiger partial charge is 0.343 e. The van der Waals surface area contributed by atoms with E-state index in [-0.39, 0.29) is 0 Å². The molecule has 3 heteroatoms. The Morgan fingerprint density at radius 1 is 1.88 bits per heavy atom. The smallest absolute Gasteiger partial charge is 0.106 e. The van der Waals surface area contributed by atoms with Gasteiger partial charge < -0.3 is 4.98 Å². The van der Waals surface area contributed by atoms with E-state index in [4.69, 9.17) is 0 Å². The third-order valence-corrected chi connectivity index (χ3v) is 1.28. The van der Waals surface area contributed by atoms with Crippen LogP contribution in [0.15, 0.2) is 6.20 Å². The summed E-state index contributed by atoms with van der Waals surface area (Å²) in [5, 5.41) is 0. The molecule has 1 N–H and O–H groups in total. The summed E-state index contributed by atoms with van der Waals surface area (Å²) in [7, 11) is 2.56. The molecule has 0 aliphatic heterocycles. The maximum atomic E-state index is 4.06. The van der Waals surface area contributed by atoms with Gasteiger partial charge in [0.05, 0.1) is 11.6 Å². The minimum Gasteiger partial charge on any atom is -0.343 e. The molecule has 0 aliphatic carbocycles. The van der Waals surface area contributed by atoms with Gasteiger partial charge >= 0.3 is 0 Å². The third-order valence-electron chi connectivity index (χ3n) is 0.983. The summed E-state index contributed by atoms with van der Waals surface area (Å²) in [6.07, 6.45) is 2.79. The molecule has 0 spiro atoms. The summed E-state index contributed by atoms with van der Waals surface area (Å²) in [6.45, 7) is 2.07. The highest BCUT2D eigenvalue weighted by Crippen LogP contribution is 1.88. The molecule has 1 heterocycles. The van der Waals surface area contributed by atoms with Crippen molar-refractivity contribution in [1.29, 1.82) is 0 Å². The van der Waals surface area contributed by atoms with Crippen LogP contribution in [0.4, 0.5) is 0 Å². The third kappa shape index (κ3) is 1.07. The van der Waals surface area contributed by atoms with Crippen molar-refractivity contribution in [3.63, 3.8) is 0 Å². The molecule has 8 heavy (non-hydrogen) atoms. The summed E-state index contributed by atoms with van der Waals surface area (Å²) < 4.78 is 0. The van der Waals surface area contributed by atoms with Gasteiger partial charge in [0.25, 0.3) is 0 Å². The minimum atomic E-state index is 0.981. The summed E-state index contributed by atoms with van der Waals surface area (Å²) >= 11 is 0. The average Bonchev–Trinajstić information content (AvgIpc) is 2.14. The van der Waals surface area contributed by atoms with Gasteiger partial charge in [0.1, 0.15) is 5.82 Å². The molecule has 0 amide bonds. The van der Waals surface area contributed by atoms with Gasteiger partial charge in [-0.3, -0.25) is 0 Å². The number of hydrogen-bond donors (Lipinski definition) is 1. The van der Waals surface area contributed by atoms with Crippen molar-refractivity contribution in [2.75, 3.05) is 0 Å². The number of nitrogens with zero attached hydrogens (tertiary/aromatic N) is 1. The van der Waals surface area contributed by atoms with E-state index in [1.54, 1.807) is 0 Å². The van der Waals surface area contributed by atoms with Crippen LogP contribution in [0.1, 0.15) is 12.7 Å². The number of imidazole rings is 1. The van der Waals surface area contributed by atoms with Crippen LogP contribution in [0, 0.1) is 0 Å². The summed E-state index contributed by atoms with van der Waals surface area (Å²) in [4.78, 5) is 7.14. The lowest BCUT2D eigenvalue weighted by atomic mass is 10.5. The Bertz CT molecular complexity index is 171. The van der Waals surface area contributed by atoms with Crippen LogP contribution in [0.5, 0.6) is 0 Å². The number of aromatic amines is 1. The number of hydrogen-bond acceptors (Lipinski definition) is 1. The van der Waals surface area contributed by atoms with Crippen molar-refractivity contribution in [2.45, 2.75) is 13.3 Å². The van der Waals surface area contributed by atoms with Crippen molar-refractivity contribution < 1.29 is 0 Å². The molecule has 1 aromatic rings. The van der Waals surface area contributed by atoms with Gasteiger partial charge in [0.15, 0.2) is 0 Å². The fourth-order valence-corrected chi connectivity index (χ4v) is 0.799. The van der Waals surface area contributed by atoms with Crippen molar-refractivity contribution in [2.24, 2.45) is 0 Å². The molecule has 0 fully saturated rings. The Labute approximate surface area is 50.9 Å². The second-order valence-electron chi connectivity index (χ2n) is 1.64. The monoisotopic (exact) mass is 128 g/mol. The quantitative estimate of drug-likeness (QED) is 0.547. The summed E-state index contributed by atoms with van der Waals surface area (Å²) in [5.41, 5.74) is 1.06. The predicted octanol–water partition coefficient (Wildman–Crippen LogP) is 0.472. The molecule has 1 unspecified atom stereocenters. The topological polar surface area (TPSA) is 28.7 Å². The second-order valence-corrected chi connectivity index (χ2v) is 2.26. The maximum Gasteiger partial charge on any atom is 0.106 e. The highest BCUT2D eigenvalue weighted by atomic mass is 31.0. The van der Waals surface area contributed by atoms with E-state index in [0.29, 0.717) is 0 Å². The number of nitrogens with one attached hydrogen (secondary N) is 1. The van der Waals surface area contributed by atoms with Crippen LogP contribution in [-0.4, -0.2) is 9.97 Å². The van der Waals surface area contributed by atoms with E-state index in [9.17, 15) is 0 Å². The zero-order valence-corrected chi connectivity index (χ0v) is 5.96. The lowest BCUT2D eigenvalue weighted by Crippen LogP contribution is -1.89. The molecule has 0 saturated heterocycles. The normalized spacial score (nSPS) is 9.75. The average molecular weight is 128 g/mol. The summed E-state index contributed by atoms with van der Waals surface area (Å²) in [6, 6.07) is 0. The van der Waals surface area contributed by atoms with Crippen LogP contribution in [0.3, 0.4) is 0 Å². The van der Waals surface area contributed by atoms with E-state index in [2.05, 4.69) is 26.1 Å². The Hall–Kier alpha value is -0.360. The Morgan fingerprint density at radius 3 is 2.88 bits per heavy atom. The first-order valence-corrected chi connectivity index (χ1v) is 3.20. The predicted molar refractivity (Wildman–Crippen MR) is 37.3 cm³/mol. The van der Waals surface area contributed by atoms with Crippen LogP contribution in [0.25, 0.3) is 0 Å². The molecule has 0 saturated carbocycles. The van der Waals surface area contributed by atoms with Crippen molar-refractivity contribution in [1.82, 2.24) is 9.97 Å². The summed E-state index contributed by atoms with van der Waals surface area (Å²) in [5.74, 6) is 1.05. The first kappa shape index (κ1) is 5.77. The van der Waals surface area contributed by atoms with Crippen LogP contribution in [0.2, 0.25) is 0 Å². The Balaban J connectivity index is 2.84. The molecule has 44 valence electrons. The number of rotatable bonds is 1. The van der Waals surface area contributed by atoms with E-state index < -0.39 is 0 Å². The fourth-order valence-electron chi connectivity index (χ4n) is 0.558. The van der Waals surface area contributed by atoms with Gasteiger partial charge in [-0.1, -0.05) is 16.2 Å². The van der Waals surface area contributed by atoms with Gasteiger partial charge in [-0.05, 0) is 0 Å². The van der Waals surface area contributed by atoms with Gasteiger partial charge in [-0.25, -0.2) is 4.98 Å². The molecule has 0 aromatic carbocycles. The van der Waals surface area contributed by atoms with Crippen LogP contribution in [-0.2, 0) is 6.42 Å². The lowest BCUT2D eigenvalue weighted by Gasteiger charge is -1.81. The highest BCUT2D eigenvalue weighted by molar-refractivity contribution is 7.26. The molecule has 0 bridgehead atoms. The first-order chi connectivity index (χ1) is 3.83. The molecule has 1 aromatic heterocycles. The zero-order chi connectivity index (χ0) is 5.98. The molecule has 0 aliphatic rings. The van der Waals surface area contributed by atoms with Crippen molar-refractivity contribution in [3.05, 3.63) is 12.0 Å². The molecule has 0 radical (unpaired) electrons. The van der Waals surface area contributed by atoms with Gasteiger partial charge in [-0.15, -0.1) is 0 Å². The number of aryl methyl sites for hydroxylation is 1. The first-order valence-electron chi connectivity index (χ1n) is 2.62. The Morgan fingerprint density at radius 2 is 2.62 bits per heavy atom. The van der Waals surface area contributed by atoms with Crippen molar-refractivity contribution >= 4 is 14.7 Å². The second kappa shape index (κ2) is 2.27. The van der Waals surface area contributed by atoms with Gasteiger partial charge in [-0.2, -0.15) is 0 Å². The van der Waals surface area contributed by atoms with E-state index in [1.807, 2.05) is 6.20 Å². The zero-order valence-electron chi connectivity index (χ0n) is 4.81. The Kier molecular flexibility index (Phi) is 1.64. The number of aromatic nitrogens is 2. The lowest BCUT2D eigenvalue weighted by molar-refractivity contribution is 0.993. The minimum absolute atomic E-state index is 0.981. The molecule has 1 rings (SSSR count). The van der Waals surface area contributed by atoms with E-state index >= 15 is 0 Å². The van der Waals surface area contributed by atoms with Crippen LogP contribution >= 0.6 is 9.24 Å². The fraction of sp³-hybridized carbons (Fsp3) is 0.400. The van der Waals surface area contributed by atoms with E-state index in [0.717, 1.165) is 17.7 Å². The number of H-pyrrole nitrogens is 1. The van der Waals surface area contributed by atoms with Crippen molar-refractivity contribution in [3.8, 4) is 0 Å². The standard InChI is InChI=1S/C5H9N2P/c1-2-4-6-3-5(8)7-4/h3H,2,8H2,1H3,(H,6,7). The highest BCUT2D eigenvalue weighted by Gasteiger charge is 1.89. The molecule has 1 atom stereocenters. The SMILES string of the molecule is CCc1ncc(P)[nH]1. The maximum absolute atomic E-state index is 4.06. The van der Waals surface area contributed by atoms with E-state index in [1.165, 1.54) is 0 Å². The van der Waals surface area contributed by atoms with Crippen LogP contribution < -0.4 is 5.44 Å². The van der Waals surface area contributed by atoms with Gasteiger partial charge in [0.2, 0.25) is 0 Å². The molecular formula is C5H9N2P. The van der Waals surface area contributed by atoms with Gasteiger partial charge in [0, 0.05) is 6.42 Å². The molecular weight excluding hydrogens is 119 g/mol. The molecule has 2 nitrogen and oxygen atoms in total.